The van der Waals surface area contributed by atoms with Crippen LogP contribution in [-0.4, -0.2) is 40.0 Å². The summed E-state index contributed by atoms with van der Waals surface area (Å²) in [6.07, 6.45) is 0.860. The maximum absolute atomic E-state index is 12.5. The zero-order chi connectivity index (χ0) is 17.9. The van der Waals surface area contributed by atoms with Crippen LogP contribution < -0.4 is 10.2 Å². The highest BCUT2D eigenvalue weighted by atomic mass is 16.2. The first-order valence-electron chi connectivity index (χ1n) is 8.62. The van der Waals surface area contributed by atoms with Crippen molar-refractivity contribution in [3.05, 3.63) is 23.1 Å². The smallest absolute Gasteiger partial charge is 0.289 e. The van der Waals surface area contributed by atoms with Crippen LogP contribution >= 0.6 is 0 Å². The molecule has 2 aromatic rings. The van der Waals surface area contributed by atoms with Crippen LogP contribution in [0.3, 0.4) is 0 Å². The van der Waals surface area contributed by atoms with Crippen LogP contribution in [0.25, 0.3) is 11.0 Å². The van der Waals surface area contributed by atoms with E-state index in [2.05, 4.69) is 39.0 Å². The van der Waals surface area contributed by atoms with E-state index in [0.717, 1.165) is 42.0 Å². The number of nitrogens with zero attached hydrogens (tertiary/aromatic N) is 4. The van der Waals surface area contributed by atoms with Gasteiger partial charge in [0.25, 0.3) is 5.91 Å². The van der Waals surface area contributed by atoms with Gasteiger partial charge >= 0.3 is 0 Å². The number of pyridine rings is 1. The number of anilines is 1. The number of hydrogen-bond donors (Lipinski definition) is 1. The third-order valence-electron chi connectivity index (χ3n) is 4.23. The fourth-order valence-electron chi connectivity index (χ4n) is 2.70. The molecule has 0 radical (unpaired) electrons. The van der Waals surface area contributed by atoms with Gasteiger partial charge in [0.05, 0.1) is 5.39 Å². The Labute approximate surface area is 143 Å². The predicted molar refractivity (Wildman–Crippen MR) is 97.6 cm³/mol. The summed E-state index contributed by atoms with van der Waals surface area (Å²) in [6.45, 7) is 13.7. The van der Waals surface area contributed by atoms with Crippen LogP contribution in [0, 0.1) is 13.8 Å². The lowest BCUT2D eigenvalue weighted by atomic mass is 10.1. The Morgan fingerprint density at radius 1 is 1.17 bits per heavy atom. The van der Waals surface area contributed by atoms with E-state index in [1.807, 2.05) is 33.8 Å². The van der Waals surface area contributed by atoms with Gasteiger partial charge in [-0.05, 0) is 52.7 Å². The van der Waals surface area contributed by atoms with Gasteiger partial charge in [0.15, 0.2) is 5.65 Å². The van der Waals surface area contributed by atoms with E-state index in [0.29, 0.717) is 5.65 Å². The van der Waals surface area contributed by atoms with Gasteiger partial charge in [0.1, 0.15) is 5.82 Å². The second-order valence-electron chi connectivity index (χ2n) is 6.11. The van der Waals surface area contributed by atoms with Gasteiger partial charge in [-0.25, -0.2) is 15.0 Å². The molecule has 0 aliphatic carbocycles. The first-order chi connectivity index (χ1) is 11.4. The van der Waals surface area contributed by atoms with Crippen molar-refractivity contribution in [2.45, 2.75) is 54.0 Å². The zero-order valence-electron chi connectivity index (χ0n) is 15.5. The maximum Gasteiger partial charge on any atom is 0.289 e. The number of aryl methyl sites for hydroxylation is 2. The van der Waals surface area contributed by atoms with E-state index in [1.165, 1.54) is 0 Å². The first-order valence-corrected chi connectivity index (χ1v) is 8.62. The molecule has 1 N–H and O–H groups in total. The fraction of sp³-hybridized carbons (Fsp3) is 0.556. The second-order valence-corrected chi connectivity index (χ2v) is 6.11. The van der Waals surface area contributed by atoms with Gasteiger partial charge in [-0.3, -0.25) is 4.79 Å². The molecule has 2 aromatic heterocycles. The van der Waals surface area contributed by atoms with Gasteiger partial charge in [-0.15, -0.1) is 0 Å². The molecule has 24 heavy (non-hydrogen) atoms. The molecule has 130 valence electrons. The molecule has 1 atom stereocenters. The Hall–Kier alpha value is -2.24. The largest absolute Gasteiger partial charge is 0.356 e. The standard InChI is InChI=1S/C18H27N5O/c1-7-12(5)20-18(24)16-21-15-14(11(4)10-13(6)19-15)17(22-16)23(8-2)9-3/h10,12H,7-9H2,1-6H3,(H,20,24). The van der Waals surface area contributed by atoms with Crippen molar-refractivity contribution in [1.29, 1.82) is 0 Å². The number of carbonyl (C=O) groups is 1. The van der Waals surface area contributed by atoms with Crippen LogP contribution in [0.2, 0.25) is 0 Å². The molecule has 2 heterocycles. The molecule has 0 aliphatic heterocycles. The molecule has 0 bridgehead atoms. The molecule has 6 nitrogen and oxygen atoms in total. The predicted octanol–water partition coefficient (Wildman–Crippen LogP) is 3.02. The fourth-order valence-corrected chi connectivity index (χ4v) is 2.70. The minimum Gasteiger partial charge on any atom is -0.356 e. The Morgan fingerprint density at radius 3 is 2.42 bits per heavy atom. The third kappa shape index (κ3) is 3.63. The number of carbonyl (C=O) groups excluding carboxylic acids is 1. The quantitative estimate of drug-likeness (QED) is 0.882. The summed E-state index contributed by atoms with van der Waals surface area (Å²) in [5.41, 5.74) is 2.55. The summed E-state index contributed by atoms with van der Waals surface area (Å²) >= 11 is 0. The van der Waals surface area contributed by atoms with E-state index in [9.17, 15) is 4.79 Å². The summed E-state index contributed by atoms with van der Waals surface area (Å²) in [4.78, 5) is 28.2. The summed E-state index contributed by atoms with van der Waals surface area (Å²) in [5, 5.41) is 3.85. The number of amides is 1. The second kappa shape index (κ2) is 7.55. The van der Waals surface area contributed by atoms with Crippen molar-refractivity contribution in [2.24, 2.45) is 0 Å². The van der Waals surface area contributed by atoms with Gasteiger partial charge in [-0.1, -0.05) is 6.92 Å². The molecule has 0 saturated carbocycles. The van der Waals surface area contributed by atoms with Crippen molar-refractivity contribution >= 4 is 22.8 Å². The van der Waals surface area contributed by atoms with Crippen molar-refractivity contribution in [3.8, 4) is 0 Å². The minimum atomic E-state index is -0.249. The molecule has 0 aliphatic rings. The van der Waals surface area contributed by atoms with Crippen LogP contribution in [0.5, 0.6) is 0 Å². The van der Waals surface area contributed by atoms with Crippen molar-refractivity contribution < 1.29 is 4.79 Å². The number of aromatic nitrogens is 3. The number of rotatable bonds is 6. The lowest BCUT2D eigenvalue weighted by Crippen LogP contribution is -2.34. The zero-order valence-corrected chi connectivity index (χ0v) is 15.5. The van der Waals surface area contributed by atoms with Crippen LogP contribution in [0.4, 0.5) is 5.82 Å². The molecule has 0 aromatic carbocycles. The molecule has 2 rings (SSSR count). The van der Waals surface area contributed by atoms with Gasteiger partial charge in [0, 0.05) is 24.8 Å². The molecule has 6 heteroatoms. The lowest BCUT2D eigenvalue weighted by Gasteiger charge is -2.23. The van der Waals surface area contributed by atoms with E-state index >= 15 is 0 Å². The van der Waals surface area contributed by atoms with Gasteiger partial charge in [-0.2, -0.15) is 0 Å². The summed E-state index contributed by atoms with van der Waals surface area (Å²) in [7, 11) is 0. The average Bonchev–Trinajstić information content (AvgIpc) is 2.54. The van der Waals surface area contributed by atoms with E-state index in [4.69, 9.17) is 0 Å². The minimum absolute atomic E-state index is 0.0842. The average molecular weight is 329 g/mol. The molecule has 0 saturated heterocycles. The van der Waals surface area contributed by atoms with E-state index < -0.39 is 0 Å². The molecule has 1 unspecified atom stereocenters. The Bertz CT molecular complexity index is 740. The monoisotopic (exact) mass is 329 g/mol. The normalized spacial score (nSPS) is 12.2. The summed E-state index contributed by atoms with van der Waals surface area (Å²) < 4.78 is 0. The molecular weight excluding hydrogens is 302 g/mol. The van der Waals surface area contributed by atoms with Crippen LogP contribution in [-0.2, 0) is 0 Å². The Morgan fingerprint density at radius 2 is 1.83 bits per heavy atom. The highest BCUT2D eigenvalue weighted by Gasteiger charge is 2.20. The third-order valence-corrected chi connectivity index (χ3v) is 4.23. The highest BCUT2D eigenvalue weighted by Crippen LogP contribution is 2.26. The first kappa shape index (κ1) is 18.1. The van der Waals surface area contributed by atoms with Crippen molar-refractivity contribution in [1.82, 2.24) is 20.3 Å². The number of nitrogens with one attached hydrogen (secondary N) is 1. The van der Waals surface area contributed by atoms with Crippen LogP contribution in [0.15, 0.2) is 6.07 Å². The number of fused-ring (bicyclic) bond motifs is 1. The SMILES string of the molecule is CCC(C)NC(=O)c1nc(N(CC)CC)c2c(C)cc(C)nc2n1. The van der Waals surface area contributed by atoms with Crippen LogP contribution in [0.1, 0.15) is 56.0 Å². The lowest BCUT2D eigenvalue weighted by molar-refractivity contribution is 0.0929. The molecule has 1 amide bonds. The highest BCUT2D eigenvalue weighted by molar-refractivity contribution is 5.96. The van der Waals surface area contributed by atoms with Crippen molar-refractivity contribution in [3.63, 3.8) is 0 Å². The van der Waals surface area contributed by atoms with Crippen molar-refractivity contribution in [2.75, 3.05) is 18.0 Å². The molecular formula is C18H27N5O. The van der Waals surface area contributed by atoms with Gasteiger partial charge in [0.2, 0.25) is 5.82 Å². The molecule has 0 spiro atoms. The van der Waals surface area contributed by atoms with Gasteiger partial charge < -0.3 is 10.2 Å². The maximum atomic E-state index is 12.5. The van der Waals surface area contributed by atoms with E-state index in [-0.39, 0.29) is 17.8 Å². The summed E-state index contributed by atoms with van der Waals surface area (Å²) in [6, 6.07) is 2.11. The molecule has 0 fully saturated rings. The topological polar surface area (TPSA) is 71.0 Å². The Balaban J connectivity index is 2.64. The van der Waals surface area contributed by atoms with E-state index in [1.54, 1.807) is 0 Å². The number of hydrogen-bond acceptors (Lipinski definition) is 5. The summed E-state index contributed by atoms with van der Waals surface area (Å²) in [5.74, 6) is 0.715. The Kier molecular flexibility index (Phi) is 5.70.